The highest BCUT2D eigenvalue weighted by atomic mass is 35.5. The molecule has 0 fully saturated rings. The van der Waals surface area contributed by atoms with Gasteiger partial charge >= 0.3 is 0 Å². The molecule has 39 heavy (non-hydrogen) atoms. The van der Waals surface area contributed by atoms with Crippen LogP contribution < -0.4 is 4.90 Å². The van der Waals surface area contributed by atoms with Crippen molar-refractivity contribution in [2.24, 2.45) is 7.05 Å². The van der Waals surface area contributed by atoms with E-state index in [1.807, 2.05) is 66.3 Å². The van der Waals surface area contributed by atoms with Crippen LogP contribution in [-0.2, 0) is 31.2 Å². The predicted molar refractivity (Wildman–Crippen MR) is 148 cm³/mol. The Morgan fingerprint density at radius 3 is 2.62 bits per heavy atom. The molecule has 2 aliphatic heterocycles. The minimum atomic E-state index is -0.660. The Bertz CT molecular complexity index is 1770. The Balaban J connectivity index is 1.26. The minimum Gasteiger partial charge on any atom is -0.325 e. The van der Waals surface area contributed by atoms with E-state index in [1.54, 1.807) is 27.7 Å². The molecule has 5 aromatic rings. The Morgan fingerprint density at radius 1 is 1.03 bits per heavy atom. The summed E-state index contributed by atoms with van der Waals surface area (Å²) in [6.07, 6.45) is 4.78. The first kappa shape index (κ1) is 23.7. The van der Waals surface area contributed by atoms with E-state index < -0.39 is 6.04 Å². The predicted octanol–water partition coefficient (Wildman–Crippen LogP) is 3.85. The number of benzene rings is 2. The Morgan fingerprint density at radius 2 is 1.85 bits per heavy atom. The van der Waals surface area contributed by atoms with Crippen molar-refractivity contribution in [2.75, 3.05) is 18.5 Å². The van der Waals surface area contributed by atoms with Gasteiger partial charge in [-0.1, -0.05) is 48.0 Å². The third-order valence-electron chi connectivity index (χ3n) is 7.92. The molecule has 0 radical (unpaired) electrons. The Hall–Kier alpha value is -4.37. The molecule has 2 aromatic carbocycles. The molecule has 0 N–H and O–H groups in total. The van der Waals surface area contributed by atoms with Crippen LogP contribution in [-0.4, -0.2) is 60.5 Å². The number of hydrogen-bond donors (Lipinski definition) is 0. The Labute approximate surface area is 229 Å². The number of anilines is 1. The van der Waals surface area contributed by atoms with Crippen LogP contribution >= 0.6 is 11.6 Å². The normalized spacial score (nSPS) is 17.2. The molecule has 0 unspecified atom stereocenters. The molecule has 10 heteroatoms. The van der Waals surface area contributed by atoms with Gasteiger partial charge in [0.2, 0.25) is 5.91 Å². The molecule has 0 aliphatic carbocycles. The van der Waals surface area contributed by atoms with Gasteiger partial charge in [0.25, 0.3) is 5.91 Å². The van der Waals surface area contributed by atoms with Crippen molar-refractivity contribution in [3.63, 3.8) is 0 Å². The number of amides is 2. The first-order valence-electron chi connectivity index (χ1n) is 12.9. The van der Waals surface area contributed by atoms with Gasteiger partial charge in [0.05, 0.1) is 23.9 Å². The average molecular weight is 540 g/mol. The molecule has 0 bridgehead atoms. The second-order valence-corrected chi connectivity index (χ2v) is 10.5. The molecule has 2 amide bonds. The summed E-state index contributed by atoms with van der Waals surface area (Å²) in [4.78, 5) is 31.1. The highest BCUT2D eigenvalue weighted by Gasteiger charge is 2.41. The number of rotatable bonds is 4. The van der Waals surface area contributed by atoms with Gasteiger partial charge in [0, 0.05) is 50.3 Å². The minimum absolute atomic E-state index is 0.114. The van der Waals surface area contributed by atoms with Crippen molar-refractivity contribution in [1.82, 2.24) is 29.0 Å². The van der Waals surface area contributed by atoms with E-state index in [0.29, 0.717) is 36.8 Å². The molecule has 2 aliphatic rings. The van der Waals surface area contributed by atoms with Gasteiger partial charge in [0.15, 0.2) is 5.69 Å². The summed E-state index contributed by atoms with van der Waals surface area (Å²) in [6, 6.07) is 17.1. The van der Waals surface area contributed by atoms with Crippen LogP contribution in [0.1, 0.15) is 27.2 Å². The summed E-state index contributed by atoms with van der Waals surface area (Å²) in [5.41, 5.74) is 4.95. The van der Waals surface area contributed by atoms with E-state index in [0.717, 1.165) is 39.1 Å². The van der Waals surface area contributed by atoms with Crippen molar-refractivity contribution in [3.05, 3.63) is 94.5 Å². The average Bonchev–Trinajstić information content (AvgIpc) is 3.61. The van der Waals surface area contributed by atoms with E-state index in [1.165, 1.54) is 0 Å². The van der Waals surface area contributed by atoms with Crippen LogP contribution in [0, 0.1) is 0 Å². The third-order valence-corrected chi connectivity index (χ3v) is 8.34. The SMILES string of the molecule is CN1C(=O)[C@@H](N2CCc3c(nn(Cc4ccccc4)c3Cl)C2=O)Cc2cn(-c3ccnn3C)c3cccc1c23. The topological polar surface area (TPSA) is 81.2 Å². The van der Waals surface area contributed by atoms with Gasteiger partial charge in [-0.15, -0.1) is 0 Å². The highest BCUT2D eigenvalue weighted by molar-refractivity contribution is 6.31. The number of aryl methyl sites for hydroxylation is 1. The Kier molecular flexibility index (Phi) is 5.38. The molecule has 7 rings (SSSR count). The van der Waals surface area contributed by atoms with Crippen molar-refractivity contribution in [2.45, 2.75) is 25.4 Å². The molecule has 0 spiro atoms. The van der Waals surface area contributed by atoms with Gasteiger partial charge in [-0.25, -0.2) is 4.68 Å². The monoisotopic (exact) mass is 539 g/mol. The number of fused-ring (bicyclic) bond motifs is 1. The highest BCUT2D eigenvalue weighted by Crippen LogP contribution is 2.38. The fourth-order valence-electron chi connectivity index (χ4n) is 5.96. The lowest BCUT2D eigenvalue weighted by Crippen LogP contribution is -2.53. The molecular formula is C29H26ClN7O2. The third kappa shape index (κ3) is 3.60. The maximum absolute atomic E-state index is 13.9. The van der Waals surface area contributed by atoms with Crippen LogP contribution in [0.5, 0.6) is 0 Å². The molecule has 9 nitrogen and oxygen atoms in total. The maximum Gasteiger partial charge on any atom is 0.275 e. The second-order valence-electron chi connectivity index (χ2n) is 10.1. The summed E-state index contributed by atoms with van der Waals surface area (Å²) in [5, 5.41) is 10.4. The van der Waals surface area contributed by atoms with Crippen molar-refractivity contribution in [3.8, 4) is 5.82 Å². The van der Waals surface area contributed by atoms with Gasteiger partial charge in [-0.05, 0) is 29.7 Å². The molecule has 196 valence electrons. The summed E-state index contributed by atoms with van der Waals surface area (Å²) in [7, 11) is 3.69. The number of carbonyl (C=O) groups excluding carboxylic acids is 2. The summed E-state index contributed by atoms with van der Waals surface area (Å²) in [6.45, 7) is 0.870. The summed E-state index contributed by atoms with van der Waals surface area (Å²) in [5.74, 6) is 0.550. The molecular weight excluding hydrogens is 514 g/mol. The summed E-state index contributed by atoms with van der Waals surface area (Å²) < 4.78 is 5.60. The molecule has 0 saturated carbocycles. The van der Waals surface area contributed by atoms with Gasteiger partial charge < -0.3 is 14.4 Å². The van der Waals surface area contributed by atoms with E-state index in [4.69, 9.17) is 11.6 Å². The lowest BCUT2D eigenvalue weighted by molar-refractivity contribution is -0.122. The zero-order valence-electron chi connectivity index (χ0n) is 21.6. The lowest BCUT2D eigenvalue weighted by Gasteiger charge is -2.34. The molecule has 0 saturated heterocycles. The molecule has 1 atom stereocenters. The maximum atomic E-state index is 13.9. The van der Waals surface area contributed by atoms with Crippen LogP contribution in [0.3, 0.4) is 0 Å². The number of hydrogen-bond acceptors (Lipinski definition) is 4. The smallest absolute Gasteiger partial charge is 0.275 e. The fourth-order valence-corrected chi connectivity index (χ4v) is 6.24. The zero-order valence-corrected chi connectivity index (χ0v) is 22.3. The summed E-state index contributed by atoms with van der Waals surface area (Å²) >= 11 is 6.69. The largest absolute Gasteiger partial charge is 0.325 e. The lowest BCUT2D eigenvalue weighted by atomic mass is 10.0. The second kappa shape index (κ2) is 8.84. The van der Waals surface area contributed by atoms with E-state index in [-0.39, 0.29) is 11.8 Å². The number of nitrogens with zero attached hydrogens (tertiary/aromatic N) is 7. The van der Waals surface area contributed by atoms with Gasteiger partial charge in [-0.2, -0.15) is 10.2 Å². The first-order valence-corrected chi connectivity index (χ1v) is 13.3. The van der Waals surface area contributed by atoms with Crippen LogP contribution in [0.2, 0.25) is 5.15 Å². The van der Waals surface area contributed by atoms with Crippen LogP contribution in [0.25, 0.3) is 16.7 Å². The van der Waals surface area contributed by atoms with Gasteiger partial charge in [0.1, 0.15) is 17.0 Å². The first-order chi connectivity index (χ1) is 18.9. The number of aromatic nitrogens is 5. The van der Waals surface area contributed by atoms with E-state index in [9.17, 15) is 9.59 Å². The van der Waals surface area contributed by atoms with Crippen molar-refractivity contribution in [1.29, 1.82) is 0 Å². The molecule has 5 heterocycles. The number of carbonyl (C=O) groups is 2. The number of likely N-dealkylation sites (N-methyl/N-ethyl adjacent to an activating group) is 1. The van der Waals surface area contributed by atoms with Gasteiger partial charge in [-0.3, -0.25) is 14.3 Å². The quantitative estimate of drug-likeness (QED) is 0.347. The number of halogens is 1. The van der Waals surface area contributed by atoms with Crippen molar-refractivity contribution < 1.29 is 9.59 Å². The van der Waals surface area contributed by atoms with Crippen LogP contribution in [0.4, 0.5) is 5.69 Å². The van der Waals surface area contributed by atoms with E-state index >= 15 is 0 Å². The molecule has 3 aromatic heterocycles. The fraction of sp³-hybridized carbons (Fsp3) is 0.241. The van der Waals surface area contributed by atoms with E-state index in [2.05, 4.69) is 21.0 Å². The van der Waals surface area contributed by atoms with Crippen LogP contribution in [0.15, 0.2) is 67.0 Å². The standard InChI is InChI=1S/C29H26ClN7O2/c1-33-21-9-6-10-22-25(21)19(17-36(22)24-11-13-31-34(24)2)15-23(28(33)38)35-14-12-20-26(29(35)39)32-37(27(20)30)16-18-7-4-3-5-8-18/h3-11,13,17,23H,12,14-16H2,1-2H3/t23-/m0/s1. The zero-order chi connectivity index (χ0) is 26.8. The van der Waals surface area contributed by atoms with Crippen molar-refractivity contribution >= 4 is 40.0 Å².